The summed E-state index contributed by atoms with van der Waals surface area (Å²) in [6.45, 7) is 9.44. The van der Waals surface area contributed by atoms with E-state index in [9.17, 15) is 0 Å². The van der Waals surface area contributed by atoms with Gasteiger partial charge in [0.15, 0.2) is 0 Å². The SMILES string of the molecule is CC1(C)c2ccccc2-c2ccc(N(c3ccc(-c4ccccc4)cc3)c3ccc(-c4cccc5c4C(C)(C)c4ccccc4-5)cc3)cc21. The summed E-state index contributed by atoms with van der Waals surface area (Å²) in [7, 11) is 0. The Kier molecular flexibility index (Phi) is 6.58. The van der Waals surface area contributed by atoms with Crippen LogP contribution in [0.3, 0.4) is 0 Å². The zero-order valence-electron chi connectivity index (χ0n) is 28.5. The number of fused-ring (bicyclic) bond motifs is 6. The summed E-state index contributed by atoms with van der Waals surface area (Å²) in [5.74, 6) is 0. The summed E-state index contributed by atoms with van der Waals surface area (Å²) in [6.07, 6.45) is 0. The number of rotatable bonds is 5. The fraction of sp³-hybridized carbons (Fsp3) is 0.125. The van der Waals surface area contributed by atoms with Gasteiger partial charge in [0.1, 0.15) is 0 Å². The van der Waals surface area contributed by atoms with Gasteiger partial charge in [0, 0.05) is 27.9 Å². The van der Waals surface area contributed by atoms with Crippen LogP contribution in [0.1, 0.15) is 49.9 Å². The van der Waals surface area contributed by atoms with Crippen molar-refractivity contribution in [3.05, 3.63) is 186 Å². The lowest BCUT2D eigenvalue weighted by Crippen LogP contribution is -2.16. The molecule has 236 valence electrons. The first-order valence-corrected chi connectivity index (χ1v) is 17.4. The zero-order valence-corrected chi connectivity index (χ0v) is 28.5. The monoisotopic (exact) mass is 629 g/mol. The van der Waals surface area contributed by atoms with E-state index >= 15 is 0 Å². The lowest BCUT2D eigenvalue weighted by atomic mass is 9.79. The van der Waals surface area contributed by atoms with Crippen LogP contribution in [0, 0.1) is 0 Å². The molecule has 9 rings (SSSR count). The number of hydrogen-bond donors (Lipinski definition) is 0. The summed E-state index contributed by atoms with van der Waals surface area (Å²) in [6, 6.07) is 60.4. The molecule has 0 unspecified atom stereocenters. The maximum atomic E-state index is 2.41. The Labute approximate surface area is 290 Å². The maximum absolute atomic E-state index is 2.41. The van der Waals surface area contributed by atoms with E-state index in [1.165, 1.54) is 66.8 Å². The Balaban J connectivity index is 1.16. The largest absolute Gasteiger partial charge is 0.310 e. The number of nitrogens with zero attached hydrogens (tertiary/aromatic N) is 1. The van der Waals surface area contributed by atoms with Crippen LogP contribution in [0.4, 0.5) is 17.1 Å². The Morgan fingerprint density at radius 1 is 0.327 bits per heavy atom. The van der Waals surface area contributed by atoms with Gasteiger partial charge in [0.05, 0.1) is 0 Å². The quantitative estimate of drug-likeness (QED) is 0.183. The van der Waals surface area contributed by atoms with Gasteiger partial charge in [-0.15, -0.1) is 0 Å². The highest BCUT2D eigenvalue weighted by Crippen LogP contribution is 2.53. The molecule has 0 aliphatic heterocycles. The Bertz CT molecular complexity index is 2360. The minimum absolute atomic E-state index is 0.0669. The average molecular weight is 630 g/mol. The lowest BCUT2D eigenvalue weighted by molar-refractivity contribution is 0.660. The minimum Gasteiger partial charge on any atom is -0.310 e. The van der Waals surface area contributed by atoms with Crippen molar-refractivity contribution in [3.8, 4) is 44.5 Å². The van der Waals surface area contributed by atoms with E-state index in [-0.39, 0.29) is 10.8 Å². The van der Waals surface area contributed by atoms with Crippen molar-refractivity contribution in [2.24, 2.45) is 0 Å². The van der Waals surface area contributed by atoms with E-state index in [0.717, 1.165) is 17.1 Å². The van der Waals surface area contributed by atoms with Crippen molar-refractivity contribution < 1.29 is 0 Å². The standard InChI is InChI=1S/C48H39N/c1-47(2)43-19-10-8-15-39(43)41-30-29-37(31-45(41)47)49(35-25-21-33(22-26-35)32-13-6-5-7-14-32)36-27-23-34(24-28-36)38-17-12-18-42-40-16-9-11-20-44(40)48(3,4)46(38)42/h5-31H,1-4H3. The summed E-state index contributed by atoms with van der Waals surface area (Å²) >= 11 is 0. The van der Waals surface area contributed by atoms with Crippen LogP contribution in [0.5, 0.6) is 0 Å². The summed E-state index contributed by atoms with van der Waals surface area (Å²) in [4.78, 5) is 2.41. The highest BCUT2D eigenvalue weighted by Gasteiger charge is 2.38. The van der Waals surface area contributed by atoms with Crippen molar-refractivity contribution in [3.63, 3.8) is 0 Å². The van der Waals surface area contributed by atoms with Crippen molar-refractivity contribution >= 4 is 17.1 Å². The highest BCUT2D eigenvalue weighted by molar-refractivity contribution is 5.90. The molecule has 7 aromatic carbocycles. The Hall–Kier alpha value is -5.66. The van der Waals surface area contributed by atoms with Gasteiger partial charge in [0.25, 0.3) is 0 Å². The maximum Gasteiger partial charge on any atom is 0.0465 e. The molecule has 0 atom stereocenters. The van der Waals surface area contributed by atoms with Crippen molar-refractivity contribution in [2.75, 3.05) is 4.90 Å². The zero-order chi connectivity index (χ0) is 33.3. The molecule has 7 aromatic rings. The van der Waals surface area contributed by atoms with E-state index in [2.05, 4.69) is 196 Å². The molecule has 0 fully saturated rings. The predicted molar refractivity (Wildman–Crippen MR) is 207 cm³/mol. The van der Waals surface area contributed by atoms with E-state index < -0.39 is 0 Å². The molecule has 0 aromatic heterocycles. The molecular formula is C48H39N. The fourth-order valence-corrected chi connectivity index (χ4v) is 8.59. The van der Waals surface area contributed by atoms with Crippen LogP contribution in [-0.2, 0) is 10.8 Å². The molecule has 49 heavy (non-hydrogen) atoms. The molecule has 0 heterocycles. The van der Waals surface area contributed by atoms with Crippen LogP contribution < -0.4 is 4.90 Å². The van der Waals surface area contributed by atoms with Crippen molar-refractivity contribution in [1.82, 2.24) is 0 Å². The second-order valence-corrected chi connectivity index (χ2v) is 14.6. The van der Waals surface area contributed by atoms with E-state index in [4.69, 9.17) is 0 Å². The second-order valence-electron chi connectivity index (χ2n) is 14.6. The third-order valence-electron chi connectivity index (χ3n) is 11.1. The molecule has 0 spiro atoms. The molecule has 0 saturated heterocycles. The molecule has 0 saturated carbocycles. The summed E-state index contributed by atoms with van der Waals surface area (Å²) < 4.78 is 0. The molecular weight excluding hydrogens is 591 g/mol. The number of anilines is 3. The van der Waals surface area contributed by atoms with Gasteiger partial charge in [0.2, 0.25) is 0 Å². The predicted octanol–water partition coefficient (Wildman–Crippen LogP) is 13.1. The normalized spacial score (nSPS) is 14.4. The molecule has 1 nitrogen and oxygen atoms in total. The van der Waals surface area contributed by atoms with Crippen LogP contribution >= 0.6 is 0 Å². The average Bonchev–Trinajstić information content (AvgIpc) is 3.52. The van der Waals surface area contributed by atoms with Crippen LogP contribution in [0.15, 0.2) is 164 Å². The molecule has 2 aliphatic rings. The van der Waals surface area contributed by atoms with Crippen molar-refractivity contribution in [2.45, 2.75) is 38.5 Å². The summed E-state index contributed by atoms with van der Waals surface area (Å²) in [5.41, 5.74) is 19.3. The number of benzene rings is 7. The van der Waals surface area contributed by atoms with Crippen LogP contribution in [0.2, 0.25) is 0 Å². The van der Waals surface area contributed by atoms with Gasteiger partial charge < -0.3 is 4.90 Å². The Morgan fingerprint density at radius 3 is 1.47 bits per heavy atom. The smallest absolute Gasteiger partial charge is 0.0465 e. The van der Waals surface area contributed by atoms with Crippen molar-refractivity contribution in [1.29, 1.82) is 0 Å². The van der Waals surface area contributed by atoms with Crippen LogP contribution in [-0.4, -0.2) is 0 Å². The molecule has 0 N–H and O–H groups in total. The summed E-state index contributed by atoms with van der Waals surface area (Å²) in [5, 5.41) is 0. The molecule has 1 heteroatoms. The first kappa shape index (κ1) is 29.5. The molecule has 0 radical (unpaired) electrons. The van der Waals surface area contributed by atoms with Gasteiger partial charge in [-0.25, -0.2) is 0 Å². The molecule has 0 amide bonds. The van der Waals surface area contributed by atoms with E-state index in [1.807, 2.05) is 0 Å². The van der Waals surface area contributed by atoms with E-state index in [1.54, 1.807) is 0 Å². The Morgan fingerprint density at radius 2 is 0.796 bits per heavy atom. The lowest BCUT2D eigenvalue weighted by Gasteiger charge is -2.29. The van der Waals surface area contributed by atoms with Gasteiger partial charge in [-0.05, 0) is 103 Å². The van der Waals surface area contributed by atoms with Gasteiger partial charge in [-0.3, -0.25) is 0 Å². The van der Waals surface area contributed by atoms with E-state index in [0.29, 0.717) is 0 Å². The number of hydrogen-bond acceptors (Lipinski definition) is 1. The van der Waals surface area contributed by atoms with Gasteiger partial charge >= 0.3 is 0 Å². The second kappa shape index (κ2) is 10.9. The molecule has 2 aliphatic carbocycles. The molecule has 0 bridgehead atoms. The first-order chi connectivity index (χ1) is 23.8. The fourth-order valence-electron chi connectivity index (χ4n) is 8.59. The third-order valence-corrected chi connectivity index (χ3v) is 11.1. The van der Waals surface area contributed by atoms with Gasteiger partial charge in [-0.2, -0.15) is 0 Å². The topological polar surface area (TPSA) is 3.24 Å². The van der Waals surface area contributed by atoms with Crippen LogP contribution in [0.25, 0.3) is 44.5 Å². The minimum atomic E-state index is -0.0767. The third kappa shape index (κ3) is 4.53. The highest BCUT2D eigenvalue weighted by atomic mass is 15.1. The van der Waals surface area contributed by atoms with Gasteiger partial charge in [-0.1, -0.05) is 155 Å². The first-order valence-electron chi connectivity index (χ1n) is 17.4.